The normalized spacial score (nSPS) is 22.4. The van der Waals surface area contributed by atoms with E-state index in [1.165, 1.54) is 0 Å². The van der Waals surface area contributed by atoms with Crippen LogP contribution in [-0.2, 0) is 16.1 Å². The monoisotopic (exact) mass is 334 g/mol. The summed E-state index contributed by atoms with van der Waals surface area (Å²) in [5, 5.41) is 0. The van der Waals surface area contributed by atoms with Gasteiger partial charge in [-0.15, -0.1) is 0 Å². The fraction of sp³-hybridized carbons (Fsp3) is 0.333. The van der Waals surface area contributed by atoms with Crippen LogP contribution >= 0.6 is 0 Å². The van der Waals surface area contributed by atoms with E-state index < -0.39 is 0 Å². The molecule has 1 fully saturated rings. The first-order valence-electron chi connectivity index (χ1n) is 8.91. The molecule has 4 rings (SSSR count). The molecule has 0 aromatic heterocycles. The van der Waals surface area contributed by atoms with Gasteiger partial charge in [-0.2, -0.15) is 0 Å². The van der Waals surface area contributed by atoms with Gasteiger partial charge < -0.3 is 9.80 Å². The van der Waals surface area contributed by atoms with Gasteiger partial charge in [0.05, 0.1) is 23.8 Å². The van der Waals surface area contributed by atoms with Crippen LogP contribution in [0.25, 0.3) is 0 Å². The summed E-state index contributed by atoms with van der Waals surface area (Å²) in [5.41, 5.74) is 2.78. The van der Waals surface area contributed by atoms with Gasteiger partial charge >= 0.3 is 0 Å². The molecule has 1 aliphatic carbocycles. The molecule has 4 nitrogen and oxygen atoms in total. The highest BCUT2D eigenvalue weighted by molar-refractivity contribution is 6.06. The van der Waals surface area contributed by atoms with Crippen LogP contribution in [0, 0.1) is 5.92 Å². The zero-order valence-corrected chi connectivity index (χ0v) is 14.4. The summed E-state index contributed by atoms with van der Waals surface area (Å²) in [7, 11) is 0. The van der Waals surface area contributed by atoms with Gasteiger partial charge in [-0.25, -0.2) is 0 Å². The minimum atomic E-state index is -0.111. The summed E-state index contributed by atoms with van der Waals surface area (Å²) in [6.07, 6.45) is 2.74. The minimum absolute atomic E-state index is 0.0127. The molecule has 1 saturated carbocycles. The van der Waals surface area contributed by atoms with Crippen molar-refractivity contribution in [3.8, 4) is 0 Å². The average molecular weight is 334 g/mol. The summed E-state index contributed by atoms with van der Waals surface area (Å²) < 4.78 is 0. The number of benzene rings is 2. The van der Waals surface area contributed by atoms with E-state index in [1.807, 2.05) is 64.4 Å². The number of fused-ring (bicyclic) bond motifs is 2. The van der Waals surface area contributed by atoms with Crippen LogP contribution in [0.1, 0.15) is 31.7 Å². The molecule has 128 valence electrons. The smallest absolute Gasteiger partial charge is 0.232 e. The van der Waals surface area contributed by atoms with Crippen molar-refractivity contribution in [3.05, 3.63) is 60.2 Å². The molecule has 1 heterocycles. The first-order valence-corrected chi connectivity index (χ1v) is 8.91. The fourth-order valence-corrected chi connectivity index (χ4v) is 4.26. The summed E-state index contributed by atoms with van der Waals surface area (Å²) >= 11 is 0. The molecule has 2 unspecified atom stereocenters. The number of nitrogens with zero attached hydrogens (tertiary/aromatic N) is 2. The van der Waals surface area contributed by atoms with Crippen LogP contribution in [-0.4, -0.2) is 17.9 Å². The molecule has 0 saturated heterocycles. The Hall–Kier alpha value is -2.62. The standard InChI is InChI=1S/C21H22N2O2/c1-15(24)23-18-13-7-10-17(18)21(25)22(14-16-8-3-2-4-9-16)19-11-5-6-12-20(19)23/h2-6,8-9,11-12,17-18H,7,10,13-14H2,1H3. The van der Waals surface area contributed by atoms with Crippen molar-refractivity contribution in [2.45, 2.75) is 38.8 Å². The molecule has 2 aliphatic rings. The van der Waals surface area contributed by atoms with E-state index in [9.17, 15) is 9.59 Å². The molecule has 2 atom stereocenters. The number of para-hydroxylation sites is 2. The maximum Gasteiger partial charge on any atom is 0.232 e. The third-order valence-corrected chi connectivity index (χ3v) is 5.35. The number of rotatable bonds is 2. The number of hydrogen-bond acceptors (Lipinski definition) is 2. The molecule has 0 radical (unpaired) electrons. The van der Waals surface area contributed by atoms with Gasteiger partial charge in [0.15, 0.2) is 0 Å². The number of amides is 2. The highest BCUT2D eigenvalue weighted by Gasteiger charge is 2.44. The topological polar surface area (TPSA) is 40.6 Å². The fourth-order valence-electron chi connectivity index (χ4n) is 4.26. The van der Waals surface area contributed by atoms with E-state index in [0.29, 0.717) is 6.54 Å². The molecule has 0 spiro atoms. The highest BCUT2D eigenvalue weighted by Crippen LogP contribution is 2.43. The van der Waals surface area contributed by atoms with Crippen molar-refractivity contribution in [1.82, 2.24) is 0 Å². The molecule has 0 bridgehead atoms. The van der Waals surface area contributed by atoms with Crippen molar-refractivity contribution in [1.29, 1.82) is 0 Å². The van der Waals surface area contributed by atoms with Crippen molar-refractivity contribution in [3.63, 3.8) is 0 Å². The van der Waals surface area contributed by atoms with Gasteiger partial charge in [-0.05, 0) is 30.5 Å². The summed E-state index contributed by atoms with van der Waals surface area (Å²) in [6.45, 7) is 2.13. The SMILES string of the molecule is CC(=O)N1c2ccccc2N(Cc2ccccc2)C(=O)C2CCCC21. The predicted molar refractivity (Wildman–Crippen MR) is 98.4 cm³/mol. The Labute approximate surface area is 148 Å². The Morgan fingerprint density at radius 2 is 1.68 bits per heavy atom. The lowest BCUT2D eigenvalue weighted by atomic mass is 10.0. The van der Waals surface area contributed by atoms with E-state index in [1.54, 1.807) is 6.92 Å². The molecule has 2 aromatic rings. The van der Waals surface area contributed by atoms with E-state index in [-0.39, 0.29) is 23.8 Å². The van der Waals surface area contributed by atoms with Crippen molar-refractivity contribution in [2.75, 3.05) is 9.80 Å². The Kier molecular flexibility index (Phi) is 4.04. The van der Waals surface area contributed by atoms with Crippen LogP contribution < -0.4 is 9.80 Å². The minimum Gasteiger partial charge on any atom is -0.307 e. The van der Waals surface area contributed by atoms with Crippen molar-refractivity contribution in [2.24, 2.45) is 5.92 Å². The van der Waals surface area contributed by atoms with Gasteiger partial charge in [0, 0.05) is 13.0 Å². The van der Waals surface area contributed by atoms with Gasteiger partial charge in [0.2, 0.25) is 11.8 Å². The second kappa shape index (κ2) is 6.36. The lowest BCUT2D eigenvalue weighted by Crippen LogP contribution is -2.44. The third-order valence-electron chi connectivity index (χ3n) is 5.35. The first-order chi connectivity index (χ1) is 12.2. The van der Waals surface area contributed by atoms with Crippen LogP contribution in [0.5, 0.6) is 0 Å². The highest BCUT2D eigenvalue weighted by atomic mass is 16.2. The Morgan fingerprint density at radius 3 is 2.40 bits per heavy atom. The van der Waals surface area contributed by atoms with Gasteiger partial charge in [0.1, 0.15) is 0 Å². The second-order valence-electron chi connectivity index (χ2n) is 6.89. The maximum atomic E-state index is 13.4. The van der Waals surface area contributed by atoms with E-state index >= 15 is 0 Å². The molecule has 1 aliphatic heterocycles. The number of hydrogen-bond donors (Lipinski definition) is 0. The molecule has 0 N–H and O–H groups in total. The van der Waals surface area contributed by atoms with Crippen LogP contribution in [0.4, 0.5) is 11.4 Å². The van der Waals surface area contributed by atoms with Gasteiger partial charge in [-0.1, -0.05) is 48.9 Å². The largest absolute Gasteiger partial charge is 0.307 e. The first kappa shape index (κ1) is 15.9. The average Bonchev–Trinajstić information content (AvgIpc) is 3.06. The van der Waals surface area contributed by atoms with Crippen LogP contribution in [0.2, 0.25) is 0 Å². The van der Waals surface area contributed by atoms with Gasteiger partial charge in [0.25, 0.3) is 0 Å². The summed E-state index contributed by atoms with van der Waals surface area (Å²) in [4.78, 5) is 29.5. The molecule has 2 amide bonds. The Morgan fingerprint density at radius 1 is 1.00 bits per heavy atom. The number of carbonyl (C=O) groups excluding carboxylic acids is 2. The zero-order valence-electron chi connectivity index (χ0n) is 14.4. The molecular formula is C21H22N2O2. The molecule has 4 heteroatoms. The van der Waals surface area contributed by atoms with Crippen LogP contribution in [0.15, 0.2) is 54.6 Å². The number of carbonyl (C=O) groups is 2. The van der Waals surface area contributed by atoms with Crippen molar-refractivity contribution >= 4 is 23.2 Å². The maximum absolute atomic E-state index is 13.4. The van der Waals surface area contributed by atoms with E-state index in [4.69, 9.17) is 0 Å². The Balaban J connectivity index is 1.83. The van der Waals surface area contributed by atoms with E-state index in [0.717, 1.165) is 36.2 Å². The third kappa shape index (κ3) is 2.72. The van der Waals surface area contributed by atoms with Crippen molar-refractivity contribution < 1.29 is 9.59 Å². The quantitative estimate of drug-likeness (QED) is 0.839. The summed E-state index contributed by atoms with van der Waals surface area (Å²) in [5.74, 6) is 0.0428. The number of anilines is 2. The van der Waals surface area contributed by atoms with Crippen LogP contribution in [0.3, 0.4) is 0 Å². The lowest BCUT2D eigenvalue weighted by Gasteiger charge is -2.29. The summed E-state index contributed by atoms with van der Waals surface area (Å²) in [6, 6.07) is 17.8. The molecular weight excluding hydrogens is 312 g/mol. The lowest BCUT2D eigenvalue weighted by molar-refractivity contribution is -0.123. The van der Waals surface area contributed by atoms with E-state index in [2.05, 4.69) is 0 Å². The molecule has 25 heavy (non-hydrogen) atoms. The molecule has 2 aromatic carbocycles. The Bertz CT molecular complexity index is 803. The van der Waals surface area contributed by atoms with Gasteiger partial charge in [-0.3, -0.25) is 9.59 Å². The predicted octanol–water partition coefficient (Wildman–Crippen LogP) is 3.76. The second-order valence-corrected chi connectivity index (χ2v) is 6.89. The zero-order chi connectivity index (χ0) is 17.4.